The number of hydroxylamine groups is 1. The molecule has 0 aliphatic carbocycles. The largest absolute Gasteiger partial charge is 0.273 e. The molecule has 2 amide bonds. The lowest BCUT2D eigenvalue weighted by Crippen LogP contribution is -2.40. The molecule has 0 spiro atoms. The van der Waals surface area contributed by atoms with E-state index in [0.717, 1.165) is 29.3 Å². The van der Waals surface area contributed by atoms with Crippen LogP contribution < -0.4 is 9.96 Å². The fraction of sp³-hybridized carbons (Fsp3) is 0.250. The van der Waals surface area contributed by atoms with E-state index in [-0.39, 0.29) is 17.9 Å². The van der Waals surface area contributed by atoms with Gasteiger partial charge in [-0.2, -0.15) is 0 Å². The number of hydrogen-bond acceptors (Lipinski definition) is 4. The van der Waals surface area contributed by atoms with Crippen molar-refractivity contribution in [3.63, 3.8) is 0 Å². The van der Waals surface area contributed by atoms with Crippen LogP contribution in [0.3, 0.4) is 0 Å². The van der Waals surface area contributed by atoms with E-state index in [4.69, 9.17) is 4.84 Å². The van der Waals surface area contributed by atoms with Gasteiger partial charge in [0.05, 0.1) is 23.3 Å². The molecule has 146 valence electrons. The molecule has 0 unspecified atom stereocenters. The number of fused-ring (bicyclic) bond motifs is 2. The van der Waals surface area contributed by atoms with Gasteiger partial charge in [-0.25, -0.2) is 9.96 Å². The van der Waals surface area contributed by atoms with Crippen molar-refractivity contribution < 1.29 is 14.4 Å². The number of nitrogens with zero attached hydrogens (tertiary/aromatic N) is 2. The van der Waals surface area contributed by atoms with Gasteiger partial charge < -0.3 is 0 Å². The molecule has 3 aromatic carbocycles. The van der Waals surface area contributed by atoms with Gasteiger partial charge in [-0.05, 0) is 41.5 Å². The van der Waals surface area contributed by atoms with Crippen molar-refractivity contribution >= 4 is 34.0 Å². The van der Waals surface area contributed by atoms with Crippen LogP contribution >= 0.6 is 0 Å². The highest BCUT2D eigenvalue weighted by atomic mass is 16.7. The average Bonchev–Trinajstić information content (AvgIpc) is 3.24. The van der Waals surface area contributed by atoms with Crippen molar-refractivity contribution in [3.8, 4) is 0 Å². The maximum absolute atomic E-state index is 13.4. The zero-order valence-electron chi connectivity index (χ0n) is 16.2. The quantitative estimate of drug-likeness (QED) is 0.627. The second-order valence-electron chi connectivity index (χ2n) is 7.61. The number of carbonyl (C=O) groups is 2. The van der Waals surface area contributed by atoms with Crippen LogP contribution in [0.4, 0.5) is 11.4 Å². The van der Waals surface area contributed by atoms with E-state index in [2.05, 4.69) is 6.92 Å². The van der Waals surface area contributed by atoms with E-state index >= 15 is 0 Å². The zero-order chi connectivity index (χ0) is 20.0. The molecule has 0 N–H and O–H groups in total. The second kappa shape index (κ2) is 7.01. The van der Waals surface area contributed by atoms with E-state index < -0.39 is 12.0 Å². The minimum Gasteiger partial charge on any atom is -0.273 e. The molecular weight excluding hydrogens is 364 g/mol. The summed E-state index contributed by atoms with van der Waals surface area (Å²) >= 11 is 0. The van der Waals surface area contributed by atoms with E-state index in [9.17, 15) is 9.59 Å². The Bertz CT molecular complexity index is 1080. The molecule has 2 aliphatic rings. The third-order valence-corrected chi connectivity index (χ3v) is 5.82. The third kappa shape index (κ3) is 2.81. The Kier molecular flexibility index (Phi) is 4.32. The molecular formula is C24H22N2O3. The molecule has 0 radical (unpaired) electrons. The molecule has 5 heteroatoms. The van der Waals surface area contributed by atoms with Gasteiger partial charge in [-0.1, -0.05) is 61.9 Å². The minimum absolute atomic E-state index is 0.158. The van der Waals surface area contributed by atoms with Crippen LogP contribution in [0.2, 0.25) is 0 Å². The first-order valence-corrected chi connectivity index (χ1v) is 10.1. The second-order valence-corrected chi connectivity index (χ2v) is 7.61. The monoisotopic (exact) mass is 386 g/mol. The van der Waals surface area contributed by atoms with E-state index in [1.807, 2.05) is 72.8 Å². The van der Waals surface area contributed by atoms with Crippen LogP contribution in [0.15, 0.2) is 72.8 Å². The van der Waals surface area contributed by atoms with Crippen molar-refractivity contribution in [2.24, 2.45) is 5.92 Å². The lowest BCUT2D eigenvalue weighted by Gasteiger charge is -2.28. The maximum atomic E-state index is 13.4. The first-order valence-electron chi connectivity index (χ1n) is 10.1. The summed E-state index contributed by atoms with van der Waals surface area (Å²) in [5, 5.41) is 3.84. The predicted octanol–water partition coefficient (Wildman–Crippen LogP) is 4.32. The summed E-state index contributed by atoms with van der Waals surface area (Å²) in [5.74, 6) is -0.948. The SMILES string of the molecule is CCC[C@H]1[C@H]2C(=O)N(c3ccc4ccccc4c3)C(=O)[C@H]2ON1c1ccccc1. The third-order valence-electron chi connectivity index (χ3n) is 5.82. The van der Waals surface area contributed by atoms with Crippen LogP contribution in [0, 0.1) is 5.92 Å². The highest BCUT2D eigenvalue weighted by Gasteiger charge is 2.59. The summed E-state index contributed by atoms with van der Waals surface area (Å²) in [6.45, 7) is 2.08. The summed E-state index contributed by atoms with van der Waals surface area (Å²) in [7, 11) is 0. The predicted molar refractivity (Wildman–Crippen MR) is 112 cm³/mol. The van der Waals surface area contributed by atoms with Gasteiger partial charge in [0, 0.05) is 0 Å². The summed E-state index contributed by atoms with van der Waals surface area (Å²) in [4.78, 5) is 34.0. The van der Waals surface area contributed by atoms with E-state index in [1.165, 1.54) is 4.90 Å². The first-order chi connectivity index (χ1) is 14.2. The van der Waals surface area contributed by atoms with E-state index in [0.29, 0.717) is 5.69 Å². The van der Waals surface area contributed by atoms with Gasteiger partial charge in [0.25, 0.3) is 5.91 Å². The Labute approximate surface area is 169 Å². The Balaban J connectivity index is 1.51. The Morgan fingerprint density at radius 1 is 0.828 bits per heavy atom. The number of amides is 2. The van der Waals surface area contributed by atoms with Gasteiger partial charge in [0.15, 0.2) is 6.10 Å². The van der Waals surface area contributed by atoms with Crippen molar-refractivity contribution in [1.82, 2.24) is 0 Å². The van der Waals surface area contributed by atoms with Gasteiger partial charge in [0.1, 0.15) is 0 Å². The topological polar surface area (TPSA) is 49.9 Å². The number of benzene rings is 3. The average molecular weight is 386 g/mol. The summed E-state index contributed by atoms with van der Waals surface area (Å²) in [5.41, 5.74) is 1.48. The fourth-order valence-corrected chi connectivity index (χ4v) is 4.48. The van der Waals surface area contributed by atoms with Gasteiger partial charge in [-0.3, -0.25) is 14.4 Å². The van der Waals surface area contributed by atoms with Crippen molar-refractivity contribution in [2.75, 3.05) is 9.96 Å². The van der Waals surface area contributed by atoms with Gasteiger partial charge in [0.2, 0.25) is 5.91 Å². The molecule has 0 saturated carbocycles. The molecule has 5 rings (SSSR count). The van der Waals surface area contributed by atoms with Crippen molar-refractivity contribution in [3.05, 3.63) is 72.8 Å². The normalized spacial score (nSPS) is 23.8. The number of rotatable bonds is 4. The smallest absolute Gasteiger partial charge is 0.266 e. The molecule has 3 aromatic rings. The Morgan fingerprint density at radius 3 is 2.31 bits per heavy atom. The standard InChI is InChI=1S/C24H22N2O3/c1-2-8-20-21-22(29-26(20)18-11-4-3-5-12-18)24(28)25(23(21)27)19-14-13-16-9-6-7-10-17(16)15-19/h3-7,9-15,20-22H,2,8H2,1H3/t20-,21+,22-/m0/s1. The minimum atomic E-state index is -0.772. The molecule has 2 fully saturated rings. The number of carbonyl (C=O) groups excluding carboxylic acids is 2. The number of imide groups is 1. The lowest BCUT2D eigenvalue weighted by atomic mass is 9.93. The van der Waals surface area contributed by atoms with Crippen molar-refractivity contribution in [2.45, 2.75) is 31.9 Å². The van der Waals surface area contributed by atoms with Crippen LogP contribution in [0.1, 0.15) is 19.8 Å². The molecule has 2 heterocycles. The fourth-order valence-electron chi connectivity index (χ4n) is 4.48. The molecule has 0 bridgehead atoms. The molecule has 2 aliphatic heterocycles. The Hall–Kier alpha value is -3.18. The summed E-state index contributed by atoms with van der Waals surface area (Å²) in [6, 6.07) is 23.1. The lowest BCUT2D eigenvalue weighted by molar-refractivity contribution is -0.126. The molecule has 3 atom stereocenters. The highest BCUT2D eigenvalue weighted by molar-refractivity contribution is 6.24. The first kappa shape index (κ1) is 17.9. The van der Waals surface area contributed by atoms with Crippen LogP contribution in [-0.4, -0.2) is 24.0 Å². The number of anilines is 2. The van der Waals surface area contributed by atoms with Crippen LogP contribution in [0.5, 0.6) is 0 Å². The van der Waals surface area contributed by atoms with Gasteiger partial charge >= 0.3 is 0 Å². The van der Waals surface area contributed by atoms with Crippen LogP contribution in [-0.2, 0) is 14.4 Å². The van der Waals surface area contributed by atoms with Gasteiger partial charge in [-0.15, -0.1) is 0 Å². The van der Waals surface area contributed by atoms with Crippen LogP contribution in [0.25, 0.3) is 10.8 Å². The van der Waals surface area contributed by atoms with E-state index in [1.54, 1.807) is 5.06 Å². The summed E-state index contributed by atoms with van der Waals surface area (Å²) < 4.78 is 0. The Morgan fingerprint density at radius 2 is 1.55 bits per heavy atom. The molecule has 5 nitrogen and oxygen atoms in total. The number of para-hydroxylation sites is 1. The van der Waals surface area contributed by atoms with Crippen molar-refractivity contribution in [1.29, 1.82) is 0 Å². The summed E-state index contributed by atoms with van der Waals surface area (Å²) in [6.07, 6.45) is 0.907. The molecule has 2 saturated heterocycles. The number of hydrogen-bond donors (Lipinski definition) is 0. The maximum Gasteiger partial charge on any atom is 0.266 e. The highest BCUT2D eigenvalue weighted by Crippen LogP contribution is 2.42. The zero-order valence-corrected chi connectivity index (χ0v) is 16.2. The molecule has 0 aromatic heterocycles. The molecule has 29 heavy (non-hydrogen) atoms.